The molecular formula is C37H53Cl2FeN5. The number of aromatic nitrogens is 3. The maximum atomic E-state index is 5.18. The Labute approximate surface area is 287 Å². The summed E-state index contributed by atoms with van der Waals surface area (Å²) in [6, 6.07) is 9.30. The molecule has 3 aromatic rings. The topological polar surface area (TPSA) is 63.4 Å². The molecule has 0 aliphatic carbocycles. The van der Waals surface area contributed by atoms with Crippen LogP contribution in [0, 0.1) is 0 Å². The fourth-order valence-corrected chi connectivity index (χ4v) is 5.17. The molecule has 45 heavy (non-hydrogen) atoms. The molecule has 0 bridgehead atoms. The fourth-order valence-electron chi connectivity index (χ4n) is 5.17. The normalized spacial score (nSPS) is 12.8. The quantitative estimate of drug-likeness (QED) is 0.157. The second-order valence-corrected chi connectivity index (χ2v) is 15.4. The summed E-state index contributed by atoms with van der Waals surface area (Å²) in [4.78, 5) is 24.3. The van der Waals surface area contributed by atoms with Gasteiger partial charge in [0.15, 0.2) is 11.6 Å². The molecule has 1 heterocycles. The predicted molar refractivity (Wildman–Crippen MR) is 193 cm³/mol. The molecule has 0 saturated heterocycles. The van der Waals surface area contributed by atoms with Crippen molar-refractivity contribution in [2.24, 2.45) is 9.98 Å². The van der Waals surface area contributed by atoms with E-state index in [1.54, 1.807) is 6.33 Å². The summed E-state index contributed by atoms with van der Waals surface area (Å²) in [7, 11) is 9.53. The van der Waals surface area contributed by atoms with Crippen LogP contribution in [0.25, 0.3) is 0 Å². The van der Waals surface area contributed by atoms with E-state index >= 15 is 0 Å². The molecule has 5 nitrogen and oxygen atoms in total. The van der Waals surface area contributed by atoms with Crippen molar-refractivity contribution in [3.8, 4) is 0 Å². The van der Waals surface area contributed by atoms with Crippen LogP contribution < -0.4 is 0 Å². The van der Waals surface area contributed by atoms with Crippen LogP contribution in [-0.4, -0.2) is 26.4 Å². The van der Waals surface area contributed by atoms with Crippen molar-refractivity contribution in [3.05, 3.63) is 75.6 Å². The first-order valence-corrected chi connectivity index (χ1v) is 19.1. The van der Waals surface area contributed by atoms with Gasteiger partial charge in [-0.2, -0.15) is 0 Å². The molecule has 8 heteroatoms. The molecule has 0 unspecified atom stereocenters. The average Bonchev–Trinajstić information content (AvgIpc) is 2.96. The third kappa shape index (κ3) is 10.4. The molecule has 0 spiro atoms. The van der Waals surface area contributed by atoms with Gasteiger partial charge in [-0.3, -0.25) is 0 Å². The zero-order chi connectivity index (χ0) is 34.2. The van der Waals surface area contributed by atoms with Gasteiger partial charge in [0.05, 0.1) is 22.8 Å². The van der Waals surface area contributed by atoms with Crippen LogP contribution in [0.3, 0.4) is 0 Å². The maximum absolute atomic E-state index is 5.18. The molecule has 0 radical (unpaired) electrons. The van der Waals surface area contributed by atoms with E-state index in [4.69, 9.17) is 35.2 Å². The van der Waals surface area contributed by atoms with Crippen molar-refractivity contribution >= 4 is 43.0 Å². The summed E-state index contributed by atoms with van der Waals surface area (Å²) >= 11 is 0.194. The Bertz CT molecular complexity index is 1330. The van der Waals surface area contributed by atoms with Gasteiger partial charge in [-0.15, -0.1) is 0 Å². The minimum atomic E-state index is 0.194. The van der Waals surface area contributed by atoms with Gasteiger partial charge in [-0.25, -0.2) is 24.9 Å². The van der Waals surface area contributed by atoms with Crippen LogP contribution >= 0.6 is 20.2 Å². The number of hydrogen-bond acceptors (Lipinski definition) is 5. The first kappa shape index (κ1) is 39.1. The van der Waals surface area contributed by atoms with Crippen molar-refractivity contribution in [2.75, 3.05) is 0 Å². The Kier molecular flexibility index (Phi) is 15.4. The Hall–Kier alpha value is -2.11. The molecule has 0 fully saturated rings. The van der Waals surface area contributed by atoms with E-state index in [0.29, 0.717) is 47.2 Å². The van der Waals surface area contributed by atoms with Crippen molar-refractivity contribution in [3.63, 3.8) is 0 Å². The van der Waals surface area contributed by atoms with E-state index in [-0.39, 0.29) is 13.1 Å². The minimum absolute atomic E-state index is 0.194. The number of aliphatic imine (C=N–C) groups is 2. The molecule has 0 saturated carbocycles. The molecule has 248 valence electrons. The van der Waals surface area contributed by atoms with Crippen LogP contribution in [0.4, 0.5) is 11.4 Å². The molecule has 1 aromatic heterocycles. The van der Waals surface area contributed by atoms with Crippen molar-refractivity contribution in [1.29, 1.82) is 0 Å². The fraction of sp³-hybridized carbons (Fsp3) is 0.541. The number of nitrogens with zero attached hydrogens (tertiary/aromatic N) is 5. The van der Waals surface area contributed by atoms with E-state index in [0.717, 1.165) is 22.8 Å². The molecular weight excluding hydrogens is 641 g/mol. The van der Waals surface area contributed by atoms with Crippen LogP contribution in [0.2, 0.25) is 0 Å². The van der Waals surface area contributed by atoms with E-state index in [1.165, 1.54) is 33.4 Å². The molecule has 0 atom stereocenters. The summed E-state index contributed by atoms with van der Waals surface area (Å²) in [6.07, 6.45) is 1.58. The average molecular weight is 695 g/mol. The second kappa shape index (κ2) is 17.7. The number of halogens is 2. The Morgan fingerprint density at radius 3 is 1.02 bits per heavy atom. The van der Waals surface area contributed by atoms with Crippen molar-refractivity contribution in [1.82, 2.24) is 15.0 Å². The molecule has 3 rings (SSSR count). The van der Waals surface area contributed by atoms with Gasteiger partial charge >= 0.3 is 33.3 Å². The summed E-state index contributed by atoms with van der Waals surface area (Å²) < 4.78 is 0. The zero-order valence-electron chi connectivity index (χ0n) is 29.7. The second-order valence-electron chi connectivity index (χ2n) is 13.6. The Balaban J connectivity index is 0.00000226. The van der Waals surface area contributed by atoms with Crippen LogP contribution in [0.1, 0.15) is 177 Å². The third-order valence-corrected chi connectivity index (χ3v) is 7.98. The standard InChI is InChI=1S/C37H53N5.2ClH.Fe/c1-20(2)28-15-30(22(5)6)34(31(16-28)23(7)8)40-26(13)36-38-19-39-37(42-36)27(14)41-35-32(24(9)10)17-29(21(3)4)18-33(35)25(11)12;;;/h15-25H,1-14H3;2*1H;/q;;;+2/p-2. The predicted octanol–water partition coefficient (Wildman–Crippen LogP) is 12.3. The van der Waals surface area contributed by atoms with Crippen LogP contribution in [-0.2, 0) is 13.1 Å². The summed E-state index contributed by atoms with van der Waals surface area (Å²) in [5.41, 5.74) is 11.4. The van der Waals surface area contributed by atoms with Gasteiger partial charge < -0.3 is 0 Å². The number of hydrogen-bond donors (Lipinski definition) is 0. The molecule has 0 N–H and O–H groups in total. The third-order valence-electron chi connectivity index (χ3n) is 7.98. The number of rotatable bonds is 10. The van der Waals surface area contributed by atoms with E-state index in [2.05, 4.69) is 117 Å². The molecule has 0 aliphatic rings. The Morgan fingerprint density at radius 2 is 0.800 bits per heavy atom. The van der Waals surface area contributed by atoms with Gasteiger partial charge in [-0.1, -0.05) is 107 Å². The van der Waals surface area contributed by atoms with Gasteiger partial charge in [0, 0.05) is 0 Å². The monoisotopic (exact) mass is 693 g/mol. The Morgan fingerprint density at radius 1 is 0.533 bits per heavy atom. The molecule has 2 aromatic carbocycles. The summed E-state index contributed by atoms with van der Waals surface area (Å²) in [5.74, 6) is 3.48. The van der Waals surface area contributed by atoms with Crippen LogP contribution in [0.15, 0.2) is 40.6 Å². The van der Waals surface area contributed by atoms with Gasteiger partial charge in [0.25, 0.3) is 0 Å². The van der Waals surface area contributed by atoms with E-state index in [9.17, 15) is 0 Å². The molecule has 0 amide bonds. The first-order chi connectivity index (χ1) is 21.0. The molecule has 0 aliphatic heterocycles. The van der Waals surface area contributed by atoms with Crippen LogP contribution in [0.5, 0.6) is 0 Å². The van der Waals surface area contributed by atoms with Gasteiger partial charge in [-0.05, 0) is 82.7 Å². The summed E-state index contributed by atoms with van der Waals surface area (Å²) in [5, 5.41) is 0. The number of benzene rings is 2. The van der Waals surface area contributed by atoms with Crippen molar-refractivity contribution in [2.45, 2.75) is 132 Å². The van der Waals surface area contributed by atoms with E-state index < -0.39 is 0 Å². The first-order valence-electron chi connectivity index (χ1n) is 16.0. The van der Waals surface area contributed by atoms with Crippen molar-refractivity contribution < 1.29 is 13.1 Å². The zero-order valence-corrected chi connectivity index (χ0v) is 32.3. The van der Waals surface area contributed by atoms with Gasteiger partial charge in [0.1, 0.15) is 6.33 Å². The van der Waals surface area contributed by atoms with Gasteiger partial charge in [0.2, 0.25) is 0 Å². The summed E-state index contributed by atoms with van der Waals surface area (Å²) in [6.45, 7) is 30.9. The SMILES string of the molecule is CC(=Nc1c(C(C)C)cc(C(C)C)cc1C(C)C)c1ncnc(C(C)=Nc2c(C(C)C)cc(C(C)C)cc2C(C)C)n1.[Cl][Fe][Cl]. The van der Waals surface area contributed by atoms with E-state index in [1.807, 2.05) is 13.8 Å².